The van der Waals surface area contributed by atoms with Crippen molar-refractivity contribution in [3.8, 4) is 0 Å². The molecule has 2 heterocycles. The van der Waals surface area contributed by atoms with Crippen molar-refractivity contribution in [3.05, 3.63) is 53.9 Å². The maximum absolute atomic E-state index is 13.3. The lowest BCUT2D eigenvalue weighted by atomic mass is 10.0. The van der Waals surface area contributed by atoms with E-state index in [9.17, 15) is 9.18 Å². The smallest absolute Gasteiger partial charge is 0.252 e. The van der Waals surface area contributed by atoms with Crippen molar-refractivity contribution in [2.75, 3.05) is 7.05 Å². The van der Waals surface area contributed by atoms with Crippen LogP contribution >= 0.6 is 0 Å². The summed E-state index contributed by atoms with van der Waals surface area (Å²) < 4.78 is 19.1. The Bertz CT molecular complexity index is 672. The van der Waals surface area contributed by atoms with Gasteiger partial charge in [0.15, 0.2) is 0 Å². The number of H-pyrrole nitrogens is 1. The fraction of sp³-hybridized carbons (Fsp3) is 0.444. The maximum Gasteiger partial charge on any atom is 0.252 e. The van der Waals surface area contributed by atoms with Gasteiger partial charge in [-0.05, 0) is 37.0 Å². The van der Waals surface area contributed by atoms with E-state index in [-0.39, 0.29) is 17.8 Å². The summed E-state index contributed by atoms with van der Waals surface area (Å²) in [4.78, 5) is 21.9. The van der Waals surface area contributed by atoms with Crippen LogP contribution in [0.15, 0.2) is 36.7 Å². The second kappa shape index (κ2) is 7.13. The van der Waals surface area contributed by atoms with Gasteiger partial charge in [0.05, 0.1) is 6.10 Å². The number of aromatic amines is 1. The fourth-order valence-electron chi connectivity index (χ4n) is 3.18. The Hall–Kier alpha value is -2.21. The molecular formula is C18H22FN3O2. The van der Waals surface area contributed by atoms with Crippen molar-refractivity contribution in [1.82, 2.24) is 14.9 Å². The van der Waals surface area contributed by atoms with Gasteiger partial charge in [0.2, 0.25) is 0 Å². The number of imidazole rings is 1. The second-order valence-electron chi connectivity index (χ2n) is 6.11. The first kappa shape index (κ1) is 16.6. The van der Waals surface area contributed by atoms with Crippen LogP contribution in [-0.2, 0) is 9.53 Å². The molecule has 6 heteroatoms. The predicted octanol–water partition coefficient (Wildman–Crippen LogP) is 3.05. The van der Waals surface area contributed by atoms with Crippen LogP contribution in [-0.4, -0.2) is 40.0 Å². The standard InChI is InChI=1S/C18H22FN3O2/c1-3-14-8-9-15(24-14)18(23)22(2)16(17-20-10-11-21-17)12-4-6-13(19)7-5-12/h4-7,10-11,14-16H,3,8-9H2,1-2H3,(H,20,21)/t14-,15+,16-/m1/s1. The van der Waals surface area contributed by atoms with Gasteiger partial charge >= 0.3 is 0 Å². The number of benzene rings is 1. The van der Waals surface area contributed by atoms with Crippen LogP contribution in [0, 0.1) is 5.82 Å². The maximum atomic E-state index is 13.3. The number of carbonyl (C=O) groups is 1. The molecule has 1 amide bonds. The summed E-state index contributed by atoms with van der Waals surface area (Å²) in [6.45, 7) is 2.06. The summed E-state index contributed by atoms with van der Waals surface area (Å²) in [5.74, 6) is 0.259. The fourth-order valence-corrected chi connectivity index (χ4v) is 3.18. The average Bonchev–Trinajstić information content (AvgIpc) is 3.27. The molecule has 3 rings (SSSR count). The van der Waals surface area contributed by atoms with Crippen molar-refractivity contribution in [2.24, 2.45) is 0 Å². The van der Waals surface area contributed by atoms with Crippen LogP contribution in [0.1, 0.15) is 43.6 Å². The second-order valence-corrected chi connectivity index (χ2v) is 6.11. The van der Waals surface area contributed by atoms with E-state index in [4.69, 9.17) is 4.74 Å². The molecule has 0 aliphatic carbocycles. The molecular weight excluding hydrogens is 309 g/mol. The number of hydrogen-bond acceptors (Lipinski definition) is 3. The lowest BCUT2D eigenvalue weighted by Gasteiger charge is -2.29. The van der Waals surface area contributed by atoms with E-state index in [1.54, 1.807) is 36.5 Å². The number of hydrogen-bond donors (Lipinski definition) is 1. The molecule has 1 N–H and O–H groups in total. The highest BCUT2D eigenvalue weighted by Gasteiger charge is 2.35. The van der Waals surface area contributed by atoms with Gasteiger partial charge in [0.25, 0.3) is 5.91 Å². The van der Waals surface area contributed by atoms with Gasteiger partial charge in [-0.25, -0.2) is 9.37 Å². The van der Waals surface area contributed by atoms with E-state index in [0.29, 0.717) is 5.82 Å². The lowest BCUT2D eigenvalue weighted by Crippen LogP contribution is -2.39. The van der Waals surface area contributed by atoms with E-state index in [0.717, 1.165) is 24.8 Å². The Morgan fingerprint density at radius 3 is 2.75 bits per heavy atom. The molecule has 2 aromatic rings. The predicted molar refractivity (Wildman–Crippen MR) is 87.8 cm³/mol. The first-order valence-corrected chi connectivity index (χ1v) is 8.27. The molecule has 1 aliphatic heterocycles. The SMILES string of the molecule is CC[C@@H]1CC[C@@H](C(=O)N(C)[C@H](c2ccc(F)cc2)c2ncc[nH]2)O1. The van der Waals surface area contributed by atoms with Gasteiger partial charge in [-0.3, -0.25) is 4.79 Å². The van der Waals surface area contributed by atoms with Crippen molar-refractivity contribution < 1.29 is 13.9 Å². The van der Waals surface area contributed by atoms with Gasteiger partial charge in [-0.15, -0.1) is 0 Å². The third kappa shape index (κ3) is 3.33. The summed E-state index contributed by atoms with van der Waals surface area (Å²) in [6, 6.07) is 5.73. The molecule has 0 unspecified atom stereocenters. The van der Waals surface area contributed by atoms with E-state index in [2.05, 4.69) is 16.9 Å². The summed E-state index contributed by atoms with van der Waals surface area (Å²) in [6.07, 6.45) is 5.64. The molecule has 128 valence electrons. The van der Waals surface area contributed by atoms with Crippen molar-refractivity contribution in [3.63, 3.8) is 0 Å². The van der Waals surface area contributed by atoms with Crippen LogP contribution in [0.25, 0.3) is 0 Å². The van der Waals surface area contributed by atoms with Gasteiger partial charge in [-0.1, -0.05) is 19.1 Å². The third-order valence-corrected chi connectivity index (χ3v) is 4.54. The quantitative estimate of drug-likeness (QED) is 0.916. The number of rotatable bonds is 5. The van der Waals surface area contributed by atoms with Crippen LogP contribution in [0.5, 0.6) is 0 Å². The molecule has 1 fully saturated rings. The third-order valence-electron chi connectivity index (χ3n) is 4.54. The zero-order valence-corrected chi connectivity index (χ0v) is 13.9. The highest BCUT2D eigenvalue weighted by Crippen LogP contribution is 2.29. The molecule has 0 spiro atoms. The number of aromatic nitrogens is 2. The summed E-state index contributed by atoms with van der Waals surface area (Å²) >= 11 is 0. The highest BCUT2D eigenvalue weighted by atomic mass is 19.1. The molecule has 1 aliphatic rings. The van der Waals surface area contributed by atoms with Crippen molar-refractivity contribution in [2.45, 2.75) is 44.4 Å². The minimum Gasteiger partial charge on any atom is -0.365 e. The van der Waals surface area contributed by atoms with E-state index in [1.165, 1.54) is 12.1 Å². The summed E-state index contributed by atoms with van der Waals surface area (Å²) in [5.41, 5.74) is 0.798. The van der Waals surface area contributed by atoms with Gasteiger partial charge in [0, 0.05) is 19.4 Å². The first-order chi connectivity index (χ1) is 11.6. The molecule has 0 radical (unpaired) electrons. The molecule has 24 heavy (non-hydrogen) atoms. The van der Waals surface area contributed by atoms with E-state index < -0.39 is 12.1 Å². The zero-order chi connectivity index (χ0) is 17.1. The monoisotopic (exact) mass is 331 g/mol. The lowest BCUT2D eigenvalue weighted by molar-refractivity contribution is -0.143. The Balaban J connectivity index is 1.85. The van der Waals surface area contributed by atoms with Crippen LogP contribution in [0.3, 0.4) is 0 Å². The number of amides is 1. The van der Waals surface area contributed by atoms with Crippen LogP contribution in [0.4, 0.5) is 4.39 Å². The molecule has 0 saturated carbocycles. The number of ether oxygens (including phenoxy) is 1. The Labute approximate surface area is 140 Å². The van der Waals surface area contributed by atoms with Crippen LogP contribution < -0.4 is 0 Å². The molecule has 1 aromatic heterocycles. The van der Waals surface area contributed by atoms with E-state index >= 15 is 0 Å². The van der Waals surface area contributed by atoms with Gasteiger partial charge < -0.3 is 14.6 Å². The largest absolute Gasteiger partial charge is 0.365 e. The van der Waals surface area contributed by atoms with Crippen LogP contribution in [0.2, 0.25) is 0 Å². The minimum absolute atomic E-state index is 0.0725. The van der Waals surface area contributed by atoms with Crippen molar-refractivity contribution >= 4 is 5.91 Å². The summed E-state index contributed by atoms with van der Waals surface area (Å²) in [7, 11) is 1.74. The number of halogens is 1. The van der Waals surface area contributed by atoms with Crippen molar-refractivity contribution in [1.29, 1.82) is 0 Å². The Morgan fingerprint density at radius 2 is 2.17 bits per heavy atom. The highest BCUT2D eigenvalue weighted by molar-refractivity contribution is 5.81. The Kier molecular flexibility index (Phi) is 4.94. The first-order valence-electron chi connectivity index (χ1n) is 8.27. The normalized spacial score (nSPS) is 21.6. The summed E-state index contributed by atoms with van der Waals surface area (Å²) in [5, 5.41) is 0. The molecule has 0 bridgehead atoms. The zero-order valence-electron chi connectivity index (χ0n) is 13.9. The Morgan fingerprint density at radius 1 is 1.42 bits per heavy atom. The van der Waals surface area contributed by atoms with E-state index in [1.807, 2.05) is 0 Å². The number of carbonyl (C=O) groups excluding carboxylic acids is 1. The number of nitrogens with one attached hydrogen (secondary N) is 1. The number of nitrogens with zero attached hydrogens (tertiary/aromatic N) is 2. The van der Waals surface area contributed by atoms with Gasteiger partial charge in [0.1, 0.15) is 23.8 Å². The van der Waals surface area contributed by atoms with Gasteiger partial charge in [-0.2, -0.15) is 0 Å². The topological polar surface area (TPSA) is 58.2 Å². The number of likely N-dealkylation sites (N-methyl/N-ethyl adjacent to an activating group) is 1. The molecule has 1 aromatic carbocycles. The molecule has 1 saturated heterocycles. The minimum atomic E-state index is -0.419. The molecule has 3 atom stereocenters. The molecule has 5 nitrogen and oxygen atoms in total. The average molecular weight is 331 g/mol.